The van der Waals surface area contributed by atoms with Crippen molar-refractivity contribution in [2.24, 2.45) is 5.41 Å². The molecule has 0 saturated carbocycles. The number of hydrogen-bond donors (Lipinski definition) is 1. The molecule has 1 N–H and O–H groups in total. The van der Waals surface area contributed by atoms with Gasteiger partial charge in [0, 0.05) is 12.8 Å². The van der Waals surface area contributed by atoms with Crippen molar-refractivity contribution in [2.75, 3.05) is 7.11 Å². The molecule has 0 aliphatic heterocycles. The summed E-state index contributed by atoms with van der Waals surface area (Å²) in [4.78, 5) is 21.2. The predicted molar refractivity (Wildman–Crippen MR) is 51.9 cm³/mol. The molecule has 0 radical (unpaired) electrons. The lowest BCUT2D eigenvalue weighted by molar-refractivity contribution is -0.141. The van der Waals surface area contributed by atoms with E-state index >= 15 is 0 Å². The summed E-state index contributed by atoms with van der Waals surface area (Å²) in [6.07, 6.45) is 1.74. The smallest absolute Gasteiger partial charge is 0.305 e. The molecule has 0 bridgehead atoms. The van der Waals surface area contributed by atoms with Crippen LogP contribution in [0.2, 0.25) is 0 Å². The van der Waals surface area contributed by atoms with E-state index < -0.39 is 5.97 Å². The van der Waals surface area contributed by atoms with E-state index in [2.05, 4.69) is 4.74 Å². The standard InChI is InChI=1S/C10H18O4/c1-10(2,6-4-8(11)12)7-5-9(13)14-3/h4-7H2,1-3H3,(H,11,12). The molecule has 0 aromatic rings. The molecule has 0 aliphatic carbocycles. The van der Waals surface area contributed by atoms with Gasteiger partial charge in [-0.15, -0.1) is 0 Å². The largest absolute Gasteiger partial charge is 0.481 e. The second-order valence-electron chi connectivity index (χ2n) is 4.13. The quantitative estimate of drug-likeness (QED) is 0.667. The van der Waals surface area contributed by atoms with Crippen LogP contribution < -0.4 is 0 Å². The lowest BCUT2D eigenvalue weighted by atomic mass is 9.83. The number of esters is 1. The first kappa shape index (κ1) is 12.9. The first-order chi connectivity index (χ1) is 6.37. The zero-order chi connectivity index (χ0) is 11.2. The van der Waals surface area contributed by atoms with Crippen molar-refractivity contribution in [3.8, 4) is 0 Å². The summed E-state index contributed by atoms with van der Waals surface area (Å²) in [6, 6.07) is 0. The maximum absolute atomic E-state index is 10.9. The Labute approximate surface area is 84.3 Å². The maximum Gasteiger partial charge on any atom is 0.305 e. The summed E-state index contributed by atoms with van der Waals surface area (Å²) < 4.78 is 4.52. The van der Waals surface area contributed by atoms with Crippen molar-refractivity contribution in [2.45, 2.75) is 39.5 Å². The molecule has 0 spiro atoms. The molecule has 4 heteroatoms. The molecule has 4 nitrogen and oxygen atoms in total. The van der Waals surface area contributed by atoms with Gasteiger partial charge in [0.15, 0.2) is 0 Å². The van der Waals surface area contributed by atoms with Gasteiger partial charge in [-0.1, -0.05) is 13.8 Å². The SMILES string of the molecule is COC(=O)CCC(C)(C)CCC(=O)O. The lowest BCUT2D eigenvalue weighted by Gasteiger charge is -2.22. The van der Waals surface area contributed by atoms with Gasteiger partial charge in [0.25, 0.3) is 0 Å². The van der Waals surface area contributed by atoms with Gasteiger partial charge in [-0.05, 0) is 18.3 Å². The average molecular weight is 202 g/mol. The van der Waals surface area contributed by atoms with Gasteiger partial charge in [0.05, 0.1) is 7.11 Å². The molecule has 0 fully saturated rings. The minimum Gasteiger partial charge on any atom is -0.481 e. The van der Waals surface area contributed by atoms with Gasteiger partial charge in [0.1, 0.15) is 0 Å². The molecule has 0 aliphatic rings. The highest BCUT2D eigenvalue weighted by molar-refractivity contribution is 5.69. The third kappa shape index (κ3) is 6.46. The Morgan fingerprint density at radius 2 is 1.71 bits per heavy atom. The van der Waals surface area contributed by atoms with E-state index in [0.717, 1.165) is 0 Å². The monoisotopic (exact) mass is 202 g/mol. The Balaban J connectivity index is 3.82. The van der Waals surface area contributed by atoms with Crippen LogP contribution in [0.25, 0.3) is 0 Å². The summed E-state index contributed by atoms with van der Waals surface area (Å²) in [6.45, 7) is 3.91. The molecule has 0 amide bonds. The van der Waals surface area contributed by atoms with Gasteiger partial charge in [-0.25, -0.2) is 0 Å². The van der Waals surface area contributed by atoms with E-state index in [0.29, 0.717) is 19.3 Å². The van der Waals surface area contributed by atoms with Crippen molar-refractivity contribution in [3.05, 3.63) is 0 Å². The third-order valence-electron chi connectivity index (χ3n) is 2.25. The molecule has 0 heterocycles. The van der Waals surface area contributed by atoms with E-state index in [1.165, 1.54) is 7.11 Å². The predicted octanol–water partition coefficient (Wildman–Crippen LogP) is 1.83. The van der Waals surface area contributed by atoms with Gasteiger partial charge < -0.3 is 9.84 Å². The van der Waals surface area contributed by atoms with Crippen LogP contribution in [0.5, 0.6) is 0 Å². The first-order valence-corrected chi connectivity index (χ1v) is 4.66. The fourth-order valence-electron chi connectivity index (χ4n) is 1.11. The van der Waals surface area contributed by atoms with Crippen LogP contribution in [-0.4, -0.2) is 24.2 Å². The highest BCUT2D eigenvalue weighted by Crippen LogP contribution is 2.28. The van der Waals surface area contributed by atoms with E-state index in [4.69, 9.17) is 5.11 Å². The number of carbonyl (C=O) groups is 2. The molecule has 0 aromatic carbocycles. The molecular weight excluding hydrogens is 184 g/mol. The zero-order valence-electron chi connectivity index (χ0n) is 9.00. The van der Waals surface area contributed by atoms with Crippen molar-refractivity contribution in [3.63, 3.8) is 0 Å². The number of carbonyl (C=O) groups excluding carboxylic acids is 1. The maximum atomic E-state index is 10.9. The minimum atomic E-state index is -0.795. The van der Waals surface area contributed by atoms with Crippen molar-refractivity contribution >= 4 is 11.9 Å². The Morgan fingerprint density at radius 1 is 1.21 bits per heavy atom. The highest BCUT2D eigenvalue weighted by atomic mass is 16.5. The van der Waals surface area contributed by atoms with Crippen molar-refractivity contribution < 1.29 is 19.4 Å². The second kappa shape index (κ2) is 5.62. The Bertz CT molecular complexity index is 208. The van der Waals surface area contributed by atoms with E-state index in [9.17, 15) is 9.59 Å². The second-order valence-corrected chi connectivity index (χ2v) is 4.13. The lowest BCUT2D eigenvalue weighted by Crippen LogP contribution is -2.16. The molecule has 0 rings (SSSR count). The van der Waals surface area contributed by atoms with E-state index in [1.807, 2.05) is 13.8 Å². The van der Waals surface area contributed by atoms with Crippen LogP contribution in [0.15, 0.2) is 0 Å². The van der Waals surface area contributed by atoms with E-state index in [1.54, 1.807) is 0 Å². The normalized spacial score (nSPS) is 11.1. The fraction of sp³-hybridized carbons (Fsp3) is 0.800. The number of carboxylic acid groups (broad SMARTS) is 1. The van der Waals surface area contributed by atoms with Crippen LogP contribution in [0.3, 0.4) is 0 Å². The van der Waals surface area contributed by atoms with Crippen LogP contribution >= 0.6 is 0 Å². The first-order valence-electron chi connectivity index (χ1n) is 4.66. The molecule has 0 atom stereocenters. The van der Waals surface area contributed by atoms with Crippen LogP contribution in [-0.2, 0) is 14.3 Å². The molecule has 82 valence electrons. The third-order valence-corrected chi connectivity index (χ3v) is 2.25. The van der Waals surface area contributed by atoms with Crippen LogP contribution in [0.4, 0.5) is 0 Å². The zero-order valence-corrected chi connectivity index (χ0v) is 9.00. The molecule has 14 heavy (non-hydrogen) atoms. The van der Waals surface area contributed by atoms with Gasteiger partial charge in [0.2, 0.25) is 0 Å². The van der Waals surface area contributed by atoms with Crippen molar-refractivity contribution in [1.29, 1.82) is 0 Å². The van der Waals surface area contributed by atoms with Crippen LogP contribution in [0.1, 0.15) is 39.5 Å². The molecule has 0 saturated heterocycles. The fourth-order valence-corrected chi connectivity index (χ4v) is 1.11. The number of carboxylic acids is 1. The average Bonchev–Trinajstić information content (AvgIpc) is 2.11. The number of hydrogen-bond acceptors (Lipinski definition) is 3. The Morgan fingerprint density at radius 3 is 2.14 bits per heavy atom. The number of rotatable bonds is 6. The van der Waals surface area contributed by atoms with Crippen molar-refractivity contribution in [1.82, 2.24) is 0 Å². The number of ether oxygens (including phenoxy) is 1. The molecule has 0 unspecified atom stereocenters. The highest BCUT2D eigenvalue weighted by Gasteiger charge is 2.20. The summed E-state index contributed by atoms with van der Waals surface area (Å²) in [5.41, 5.74) is -0.118. The summed E-state index contributed by atoms with van der Waals surface area (Å²) in [7, 11) is 1.35. The van der Waals surface area contributed by atoms with Crippen LogP contribution in [0, 0.1) is 5.41 Å². The summed E-state index contributed by atoms with van der Waals surface area (Å²) in [5, 5.41) is 8.51. The molecule has 0 aromatic heterocycles. The number of aliphatic carboxylic acids is 1. The summed E-state index contributed by atoms with van der Waals surface area (Å²) >= 11 is 0. The summed E-state index contributed by atoms with van der Waals surface area (Å²) in [5.74, 6) is -1.04. The van der Waals surface area contributed by atoms with Gasteiger partial charge in [-0.2, -0.15) is 0 Å². The number of methoxy groups -OCH3 is 1. The topological polar surface area (TPSA) is 63.6 Å². The minimum absolute atomic E-state index is 0.118. The Hall–Kier alpha value is -1.06. The van der Waals surface area contributed by atoms with Gasteiger partial charge in [-0.3, -0.25) is 9.59 Å². The van der Waals surface area contributed by atoms with Gasteiger partial charge >= 0.3 is 11.9 Å². The van der Waals surface area contributed by atoms with E-state index in [-0.39, 0.29) is 17.8 Å². The Kier molecular flexibility index (Phi) is 5.20. The molecular formula is C10H18O4.